The molecule has 2 heterocycles. The first-order chi connectivity index (χ1) is 10.3. The van der Waals surface area contributed by atoms with Crippen LogP contribution in [0.25, 0.3) is 0 Å². The Labute approximate surface area is 128 Å². The molecule has 5 heteroatoms. The third-order valence-electron chi connectivity index (χ3n) is 3.75. The summed E-state index contributed by atoms with van der Waals surface area (Å²) in [6.07, 6.45) is 5.84. The van der Waals surface area contributed by atoms with Crippen LogP contribution < -0.4 is 10.6 Å². The van der Waals surface area contributed by atoms with E-state index in [2.05, 4.69) is 27.1 Å². The fourth-order valence-corrected chi connectivity index (χ4v) is 3.68. The van der Waals surface area contributed by atoms with Crippen molar-refractivity contribution in [2.45, 2.75) is 31.7 Å². The van der Waals surface area contributed by atoms with Crippen molar-refractivity contribution in [2.24, 2.45) is 0 Å². The van der Waals surface area contributed by atoms with Crippen molar-refractivity contribution in [3.8, 4) is 0 Å². The molecule has 1 aliphatic carbocycles. The van der Waals surface area contributed by atoms with Crippen molar-refractivity contribution in [2.75, 3.05) is 6.54 Å². The molecular weight excluding hydrogens is 282 g/mol. The van der Waals surface area contributed by atoms with E-state index in [0.717, 1.165) is 31.4 Å². The summed E-state index contributed by atoms with van der Waals surface area (Å²) in [6.45, 7) is 0.603. The predicted molar refractivity (Wildman–Crippen MR) is 84.5 cm³/mol. The van der Waals surface area contributed by atoms with Gasteiger partial charge in [-0.15, -0.1) is 11.3 Å². The lowest BCUT2D eigenvalue weighted by Crippen LogP contribution is -2.39. The highest BCUT2D eigenvalue weighted by Crippen LogP contribution is 2.33. The summed E-state index contributed by atoms with van der Waals surface area (Å²) in [6, 6.07) is 8.04. The van der Waals surface area contributed by atoms with Crippen molar-refractivity contribution in [3.63, 3.8) is 0 Å². The molecule has 1 atom stereocenters. The lowest BCUT2D eigenvalue weighted by Gasteiger charge is -2.23. The van der Waals surface area contributed by atoms with E-state index in [-0.39, 0.29) is 12.1 Å². The highest BCUT2D eigenvalue weighted by atomic mass is 32.1. The largest absolute Gasteiger partial charge is 0.338 e. The number of carbonyl (C=O) groups excluding carboxylic acids is 1. The van der Waals surface area contributed by atoms with Gasteiger partial charge in [0.15, 0.2) is 0 Å². The molecule has 4 nitrogen and oxygen atoms in total. The number of hydrogen-bond acceptors (Lipinski definition) is 3. The molecule has 0 fully saturated rings. The molecule has 0 aliphatic heterocycles. The first-order valence-corrected chi connectivity index (χ1v) is 8.21. The Kier molecular flexibility index (Phi) is 4.50. The van der Waals surface area contributed by atoms with Crippen LogP contribution in [0.15, 0.2) is 35.8 Å². The van der Waals surface area contributed by atoms with Crippen LogP contribution in [-0.2, 0) is 12.8 Å². The Balaban J connectivity index is 1.47. The van der Waals surface area contributed by atoms with Crippen molar-refractivity contribution >= 4 is 17.4 Å². The maximum Gasteiger partial charge on any atom is 0.315 e. The molecular formula is C16H19N3OS. The van der Waals surface area contributed by atoms with E-state index >= 15 is 0 Å². The van der Waals surface area contributed by atoms with Gasteiger partial charge in [-0.2, -0.15) is 0 Å². The first kappa shape index (κ1) is 14.1. The van der Waals surface area contributed by atoms with Gasteiger partial charge in [0.1, 0.15) is 0 Å². The second-order valence-electron chi connectivity index (χ2n) is 5.22. The molecule has 0 spiro atoms. The number of pyridine rings is 1. The summed E-state index contributed by atoms with van der Waals surface area (Å²) >= 11 is 1.79. The number of carbonyl (C=O) groups is 1. The number of fused-ring (bicyclic) bond motifs is 1. The number of urea groups is 1. The molecule has 0 unspecified atom stereocenters. The van der Waals surface area contributed by atoms with Crippen LogP contribution in [0.2, 0.25) is 0 Å². The van der Waals surface area contributed by atoms with Gasteiger partial charge in [0.2, 0.25) is 0 Å². The van der Waals surface area contributed by atoms with Crippen LogP contribution in [0.1, 0.15) is 35.0 Å². The third kappa shape index (κ3) is 3.61. The quantitative estimate of drug-likeness (QED) is 0.912. The molecule has 0 radical (unpaired) electrons. The average Bonchev–Trinajstić information content (AvgIpc) is 2.98. The number of nitrogens with zero attached hydrogens (tertiary/aromatic N) is 1. The molecule has 0 saturated heterocycles. The lowest BCUT2D eigenvalue weighted by molar-refractivity contribution is 0.235. The monoisotopic (exact) mass is 301 g/mol. The van der Waals surface area contributed by atoms with Gasteiger partial charge >= 0.3 is 6.03 Å². The lowest BCUT2D eigenvalue weighted by atomic mass is 9.94. The number of nitrogens with one attached hydrogen (secondary N) is 2. The van der Waals surface area contributed by atoms with Gasteiger partial charge in [0.25, 0.3) is 0 Å². The second kappa shape index (κ2) is 6.72. The number of amides is 2. The van der Waals surface area contributed by atoms with Crippen LogP contribution in [0.3, 0.4) is 0 Å². The van der Waals surface area contributed by atoms with Crippen LogP contribution in [0, 0.1) is 0 Å². The van der Waals surface area contributed by atoms with E-state index in [4.69, 9.17) is 0 Å². The smallest absolute Gasteiger partial charge is 0.315 e. The maximum absolute atomic E-state index is 12.0. The molecule has 3 rings (SSSR count). The van der Waals surface area contributed by atoms with E-state index in [0.29, 0.717) is 6.54 Å². The molecule has 21 heavy (non-hydrogen) atoms. The molecule has 0 saturated carbocycles. The fourth-order valence-electron chi connectivity index (χ4n) is 2.70. The SMILES string of the molecule is O=C(NCCc1ccccn1)N[C@H]1CCCc2sccc21. The van der Waals surface area contributed by atoms with Crippen molar-refractivity contribution in [3.05, 3.63) is 52.0 Å². The Morgan fingerprint density at radius 3 is 3.19 bits per heavy atom. The number of aromatic nitrogens is 1. The molecule has 2 aromatic rings. The van der Waals surface area contributed by atoms with Gasteiger partial charge < -0.3 is 10.6 Å². The Bertz CT molecular complexity index is 597. The first-order valence-electron chi connectivity index (χ1n) is 7.33. The van der Waals surface area contributed by atoms with Gasteiger partial charge in [0, 0.05) is 29.7 Å². The van der Waals surface area contributed by atoms with Gasteiger partial charge in [-0.1, -0.05) is 6.07 Å². The predicted octanol–water partition coefficient (Wildman–Crippen LogP) is 3.06. The minimum Gasteiger partial charge on any atom is -0.338 e. The Morgan fingerprint density at radius 2 is 2.33 bits per heavy atom. The summed E-state index contributed by atoms with van der Waals surface area (Å²) in [7, 11) is 0. The zero-order valence-corrected chi connectivity index (χ0v) is 12.7. The molecule has 110 valence electrons. The number of hydrogen-bond donors (Lipinski definition) is 2. The summed E-state index contributed by atoms with van der Waals surface area (Å²) in [5.74, 6) is 0. The van der Waals surface area contributed by atoms with Crippen LogP contribution >= 0.6 is 11.3 Å². The highest BCUT2D eigenvalue weighted by Gasteiger charge is 2.22. The molecule has 1 aliphatic rings. The van der Waals surface area contributed by atoms with Gasteiger partial charge in [-0.3, -0.25) is 4.98 Å². The van der Waals surface area contributed by atoms with E-state index in [1.54, 1.807) is 17.5 Å². The fraction of sp³-hybridized carbons (Fsp3) is 0.375. The van der Waals surface area contributed by atoms with E-state index < -0.39 is 0 Å². The van der Waals surface area contributed by atoms with Crippen LogP contribution in [-0.4, -0.2) is 17.6 Å². The molecule has 2 aromatic heterocycles. The van der Waals surface area contributed by atoms with Crippen LogP contribution in [0.5, 0.6) is 0 Å². The Hall–Kier alpha value is -1.88. The molecule has 0 aromatic carbocycles. The van der Waals surface area contributed by atoms with Crippen molar-refractivity contribution in [1.82, 2.24) is 15.6 Å². The normalized spacial score (nSPS) is 17.0. The number of aryl methyl sites for hydroxylation is 1. The Morgan fingerprint density at radius 1 is 1.38 bits per heavy atom. The highest BCUT2D eigenvalue weighted by molar-refractivity contribution is 7.10. The minimum absolute atomic E-state index is 0.0880. The molecule has 0 bridgehead atoms. The van der Waals surface area contributed by atoms with Crippen molar-refractivity contribution in [1.29, 1.82) is 0 Å². The van der Waals surface area contributed by atoms with Crippen LogP contribution in [0.4, 0.5) is 4.79 Å². The number of thiophene rings is 1. The average molecular weight is 301 g/mol. The van der Waals surface area contributed by atoms with E-state index in [1.807, 2.05) is 18.2 Å². The summed E-state index contributed by atoms with van der Waals surface area (Å²) in [5.41, 5.74) is 2.29. The van der Waals surface area contributed by atoms with Crippen molar-refractivity contribution < 1.29 is 4.79 Å². The van der Waals surface area contributed by atoms with Gasteiger partial charge in [0.05, 0.1) is 6.04 Å². The minimum atomic E-state index is -0.0880. The molecule has 2 N–H and O–H groups in total. The topological polar surface area (TPSA) is 54.0 Å². The third-order valence-corrected chi connectivity index (χ3v) is 4.75. The number of rotatable bonds is 4. The zero-order valence-electron chi connectivity index (χ0n) is 11.8. The second-order valence-corrected chi connectivity index (χ2v) is 6.22. The van der Waals surface area contributed by atoms with Gasteiger partial charge in [-0.25, -0.2) is 4.79 Å². The summed E-state index contributed by atoms with van der Waals surface area (Å²) < 4.78 is 0. The van der Waals surface area contributed by atoms with E-state index in [9.17, 15) is 4.79 Å². The standard InChI is InChI=1S/C16H19N3OS/c20-16(18-10-7-12-4-1-2-9-17-12)19-14-5-3-6-15-13(14)8-11-21-15/h1-2,4,8-9,11,14H,3,5-7,10H2,(H2,18,19,20)/t14-/m0/s1. The summed E-state index contributed by atoms with van der Waals surface area (Å²) in [5, 5.41) is 8.11. The molecule has 2 amide bonds. The zero-order chi connectivity index (χ0) is 14.5. The maximum atomic E-state index is 12.0. The van der Waals surface area contributed by atoms with E-state index in [1.165, 1.54) is 10.4 Å². The van der Waals surface area contributed by atoms with Gasteiger partial charge in [-0.05, 0) is 48.4 Å². The summed E-state index contributed by atoms with van der Waals surface area (Å²) in [4.78, 5) is 17.7.